The molecule has 1 unspecified atom stereocenters. The van der Waals surface area contributed by atoms with Crippen molar-refractivity contribution in [2.45, 2.75) is 38.8 Å². The van der Waals surface area contributed by atoms with E-state index in [1.54, 1.807) is 24.4 Å². The van der Waals surface area contributed by atoms with Gasteiger partial charge in [0.15, 0.2) is 15.5 Å². The van der Waals surface area contributed by atoms with Crippen LogP contribution in [0.1, 0.15) is 48.3 Å². The standard InChI is InChI=1S/C17H22N4O4S/c1-17(2,3)20-15(22)13-12-6-4-5-8-21(12)14(19-13)16(23)18-11-7-9-26(24,25)10-11/h4-6,8,11H,7,9-10H2,1-3H3,(H,18,23)(H,20,22). The third kappa shape index (κ3) is 3.87. The summed E-state index contributed by atoms with van der Waals surface area (Å²) in [6.45, 7) is 5.58. The lowest BCUT2D eigenvalue weighted by Crippen LogP contribution is -2.41. The Labute approximate surface area is 151 Å². The number of carbonyl (C=O) groups is 2. The number of rotatable bonds is 3. The third-order valence-electron chi connectivity index (χ3n) is 4.02. The smallest absolute Gasteiger partial charge is 0.287 e. The minimum atomic E-state index is -3.10. The zero-order chi connectivity index (χ0) is 19.1. The lowest BCUT2D eigenvalue weighted by Gasteiger charge is -2.19. The van der Waals surface area contributed by atoms with E-state index in [0.717, 1.165) is 0 Å². The highest BCUT2D eigenvalue weighted by molar-refractivity contribution is 7.91. The Morgan fingerprint density at radius 2 is 1.96 bits per heavy atom. The molecule has 0 radical (unpaired) electrons. The average Bonchev–Trinajstić information content (AvgIpc) is 3.06. The van der Waals surface area contributed by atoms with Gasteiger partial charge < -0.3 is 10.6 Å². The van der Waals surface area contributed by atoms with Crippen LogP contribution in [-0.2, 0) is 9.84 Å². The maximum Gasteiger partial charge on any atom is 0.287 e. The Morgan fingerprint density at radius 1 is 1.23 bits per heavy atom. The molecule has 2 amide bonds. The Bertz CT molecular complexity index is 972. The lowest BCUT2D eigenvalue weighted by atomic mass is 10.1. The van der Waals surface area contributed by atoms with E-state index in [-0.39, 0.29) is 28.9 Å². The first-order valence-corrected chi connectivity index (χ1v) is 10.2. The quantitative estimate of drug-likeness (QED) is 0.820. The predicted octanol–water partition coefficient (Wildman–Crippen LogP) is 0.780. The van der Waals surface area contributed by atoms with Crippen molar-refractivity contribution in [1.82, 2.24) is 20.0 Å². The summed E-state index contributed by atoms with van der Waals surface area (Å²) >= 11 is 0. The summed E-state index contributed by atoms with van der Waals surface area (Å²) < 4.78 is 24.7. The van der Waals surface area contributed by atoms with Crippen LogP contribution in [0.4, 0.5) is 0 Å². The number of fused-ring (bicyclic) bond motifs is 1. The van der Waals surface area contributed by atoms with Crippen molar-refractivity contribution in [2.24, 2.45) is 0 Å². The molecule has 1 aliphatic rings. The second-order valence-corrected chi connectivity index (χ2v) is 9.75. The van der Waals surface area contributed by atoms with E-state index in [2.05, 4.69) is 15.6 Å². The first-order chi connectivity index (χ1) is 12.1. The van der Waals surface area contributed by atoms with Gasteiger partial charge in [-0.2, -0.15) is 0 Å². The maximum atomic E-state index is 12.6. The molecule has 0 aliphatic carbocycles. The highest BCUT2D eigenvalue weighted by Crippen LogP contribution is 2.16. The largest absolute Gasteiger partial charge is 0.346 e. The van der Waals surface area contributed by atoms with Gasteiger partial charge in [0.2, 0.25) is 5.82 Å². The van der Waals surface area contributed by atoms with Gasteiger partial charge >= 0.3 is 0 Å². The molecule has 140 valence electrons. The summed E-state index contributed by atoms with van der Waals surface area (Å²) in [6.07, 6.45) is 2.03. The van der Waals surface area contributed by atoms with Gasteiger partial charge in [0.25, 0.3) is 11.8 Å². The zero-order valence-corrected chi connectivity index (χ0v) is 15.8. The fraction of sp³-hybridized carbons (Fsp3) is 0.471. The number of hydrogen-bond acceptors (Lipinski definition) is 5. The number of nitrogens with zero attached hydrogens (tertiary/aromatic N) is 2. The number of imidazole rings is 1. The summed E-state index contributed by atoms with van der Waals surface area (Å²) in [7, 11) is -3.10. The molecule has 0 bridgehead atoms. The molecule has 9 heteroatoms. The van der Waals surface area contributed by atoms with E-state index >= 15 is 0 Å². The van der Waals surface area contributed by atoms with Crippen molar-refractivity contribution in [1.29, 1.82) is 0 Å². The number of aromatic nitrogens is 2. The molecule has 3 rings (SSSR count). The fourth-order valence-electron chi connectivity index (χ4n) is 2.92. The molecule has 1 fully saturated rings. The second kappa shape index (κ2) is 6.39. The molecular formula is C17H22N4O4S. The lowest BCUT2D eigenvalue weighted by molar-refractivity contribution is 0.0916. The molecular weight excluding hydrogens is 356 g/mol. The average molecular weight is 378 g/mol. The summed E-state index contributed by atoms with van der Waals surface area (Å²) in [5.41, 5.74) is 0.228. The molecule has 0 saturated carbocycles. The van der Waals surface area contributed by atoms with Crippen molar-refractivity contribution in [3.8, 4) is 0 Å². The van der Waals surface area contributed by atoms with E-state index in [4.69, 9.17) is 0 Å². The fourth-order valence-corrected chi connectivity index (χ4v) is 4.60. The van der Waals surface area contributed by atoms with E-state index in [9.17, 15) is 18.0 Å². The highest BCUT2D eigenvalue weighted by Gasteiger charge is 2.31. The van der Waals surface area contributed by atoms with Crippen molar-refractivity contribution in [2.75, 3.05) is 11.5 Å². The van der Waals surface area contributed by atoms with Crippen LogP contribution in [0.25, 0.3) is 5.52 Å². The monoisotopic (exact) mass is 378 g/mol. The van der Waals surface area contributed by atoms with Crippen LogP contribution < -0.4 is 10.6 Å². The molecule has 26 heavy (non-hydrogen) atoms. The number of nitrogens with one attached hydrogen (secondary N) is 2. The molecule has 0 aromatic carbocycles. The van der Waals surface area contributed by atoms with Gasteiger partial charge in [-0.15, -0.1) is 0 Å². The van der Waals surface area contributed by atoms with Crippen LogP contribution in [0.3, 0.4) is 0 Å². The minimum Gasteiger partial charge on any atom is -0.346 e. The normalized spacial score (nSPS) is 19.4. The number of carbonyl (C=O) groups excluding carboxylic acids is 2. The molecule has 2 N–H and O–H groups in total. The summed E-state index contributed by atoms with van der Waals surface area (Å²) in [5, 5.41) is 5.55. The van der Waals surface area contributed by atoms with Crippen LogP contribution >= 0.6 is 0 Å². The zero-order valence-electron chi connectivity index (χ0n) is 14.9. The molecule has 2 aromatic heterocycles. The molecule has 2 aromatic rings. The Kier molecular flexibility index (Phi) is 4.51. The Hall–Kier alpha value is -2.42. The number of hydrogen-bond donors (Lipinski definition) is 2. The number of sulfone groups is 1. The highest BCUT2D eigenvalue weighted by atomic mass is 32.2. The minimum absolute atomic E-state index is 0.0592. The molecule has 1 saturated heterocycles. The molecule has 3 heterocycles. The molecule has 1 atom stereocenters. The van der Waals surface area contributed by atoms with Gasteiger partial charge in [-0.05, 0) is 39.3 Å². The summed E-state index contributed by atoms with van der Waals surface area (Å²) in [6, 6.07) is 4.77. The second-order valence-electron chi connectivity index (χ2n) is 7.52. The Morgan fingerprint density at radius 3 is 2.58 bits per heavy atom. The van der Waals surface area contributed by atoms with E-state index in [1.165, 1.54) is 4.40 Å². The first kappa shape index (κ1) is 18.4. The topological polar surface area (TPSA) is 110 Å². The Balaban J connectivity index is 1.91. The number of amides is 2. The van der Waals surface area contributed by atoms with E-state index in [0.29, 0.717) is 11.9 Å². The van der Waals surface area contributed by atoms with Crippen molar-refractivity contribution in [3.05, 3.63) is 35.9 Å². The van der Waals surface area contributed by atoms with Crippen LogP contribution in [0.2, 0.25) is 0 Å². The first-order valence-electron chi connectivity index (χ1n) is 8.37. The van der Waals surface area contributed by atoms with Crippen LogP contribution in [0.15, 0.2) is 24.4 Å². The van der Waals surface area contributed by atoms with Crippen molar-refractivity contribution >= 4 is 27.2 Å². The van der Waals surface area contributed by atoms with Crippen molar-refractivity contribution in [3.63, 3.8) is 0 Å². The molecule has 1 aliphatic heterocycles. The van der Waals surface area contributed by atoms with Gasteiger partial charge in [-0.3, -0.25) is 14.0 Å². The van der Waals surface area contributed by atoms with Crippen LogP contribution in [0, 0.1) is 0 Å². The predicted molar refractivity (Wildman–Crippen MR) is 96.9 cm³/mol. The van der Waals surface area contributed by atoms with Crippen LogP contribution in [0.5, 0.6) is 0 Å². The van der Waals surface area contributed by atoms with Gasteiger partial charge in [-0.25, -0.2) is 13.4 Å². The van der Waals surface area contributed by atoms with Gasteiger partial charge in [0, 0.05) is 17.8 Å². The van der Waals surface area contributed by atoms with Crippen molar-refractivity contribution < 1.29 is 18.0 Å². The van der Waals surface area contributed by atoms with E-state index < -0.39 is 27.3 Å². The van der Waals surface area contributed by atoms with Gasteiger partial charge in [0.05, 0.1) is 17.0 Å². The van der Waals surface area contributed by atoms with E-state index in [1.807, 2.05) is 20.8 Å². The number of pyridine rings is 1. The van der Waals surface area contributed by atoms with Gasteiger partial charge in [0.1, 0.15) is 0 Å². The molecule has 8 nitrogen and oxygen atoms in total. The van der Waals surface area contributed by atoms with Crippen LogP contribution in [-0.4, -0.2) is 52.7 Å². The summed E-state index contributed by atoms with van der Waals surface area (Å²) in [4.78, 5) is 29.4. The van der Waals surface area contributed by atoms with Gasteiger partial charge in [-0.1, -0.05) is 6.07 Å². The molecule has 0 spiro atoms. The summed E-state index contributed by atoms with van der Waals surface area (Å²) in [5.74, 6) is -0.811. The SMILES string of the molecule is CC(C)(C)NC(=O)c1nc(C(=O)NC2CCS(=O)(=O)C2)n2ccccc12. The maximum absolute atomic E-state index is 12.6. The third-order valence-corrected chi connectivity index (χ3v) is 5.79.